The maximum absolute atomic E-state index is 12.2. The van der Waals surface area contributed by atoms with Gasteiger partial charge in [-0.2, -0.15) is 0 Å². The molecule has 2 N–H and O–H groups in total. The molecule has 0 radical (unpaired) electrons. The van der Waals surface area contributed by atoms with Gasteiger partial charge < -0.3 is 15.5 Å². The lowest BCUT2D eigenvalue weighted by Gasteiger charge is -2.35. The average molecular weight is 373 g/mol. The van der Waals surface area contributed by atoms with Gasteiger partial charge >= 0.3 is 11.8 Å². The van der Waals surface area contributed by atoms with E-state index in [4.69, 9.17) is 0 Å². The van der Waals surface area contributed by atoms with Crippen LogP contribution in [0.4, 0.5) is 5.69 Å². The van der Waals surface area contributed by atoms with Gasteiger partial charge in [0.1, 0.15) is 0 Å². The zero-order valence-corrected chi connectivity index (χ0v) is 16.8. The molecule has 2 aliphatic rings. The zero-order valence-electron chi connectivity index (χ0n) is 16.8. The lowest BCUT2D eigenvalue weighted by molar-refractivity contribution is -0.139. The minimum absolute atomic E-state index is 0.0464. The van der Waals surface area contributed by atoms with Gasteiger partial charge in [-0.3, -0.25) is 14.5 Å². The predicted molar refractivity (Wildman–Crippen MR) is 108 cm³/mol. The Kier molecular flexibility index (Phi) is 6.37. The molecule has 2 aliphatic heterocycles. The second-order valence-corrected chi connectivity index (χ2v) is 8.01. The van der Waals surface area contributed by atoms with Gasteiger partial charge in [-0.15, -0.1) is 0 Å². The van der Waals surface area contributed by atoms with Crippen molar-refractivity contribution in [3.8, 4) is 0 Å². The van der Waals surface area contributed by atoms with Crippen LogP contribution in [0.5, 0.6) is 0 Å². The first-order chi connectivity index (χ1) is 13.0. The SMILES string of the molecule is CC(C)NC(=O)C(=O)NC[C@H](c1ccc2c(c1)CCN2C)N1CCCCC1. The minimum atomic E-state index is -0.557. The number of benzene rings is 1. The van der Waals surface area contributed by atoms with Crippen molar-refractivity contribution in [1.82, 2.24) is 15.5 Å². The number of likely N-dealkylation sites (N-methyl/N-ethyl adjacent to an activating group) is 1. The van der Waals surface area contributed by atoms with Crippen LogP contribution in [0, 0.1) is 0 Å². The van der Waals surface area contributed by atoms with E-state index >= 15 is 0 Å². The summed E-state index contributed by atoms with van der Waals surface area (Å²) in [7, 11) is 2.13. The van der Waals surface area contributed by atoms with Crippen molar-refractivity contribution >= 4 is 17.5 Å². The van der Waals surface area contributed by atoms with Gasteiger partial charge in [-0.25, -0.2) is 0 Å². The number of nitrogens with zero attached hydrogens (tertiary/aromatic N) is 2. The third kappa shape index (κ3) is 4.80. The lowest BCUT2D eigenvalue weighted by atomic mass is 9.98. The molecule has 6 nitrogen and oxygen atoms in total. The highest BCUT2D eigenvalue weighted by molar-refractivity contribution is 6.35. The summed E-state index contributed by atoms with van der Waals surface area (Å²) in [5.74, 6) is -1.11. The lowest BCUT2D eigenvalue weighted by Crippen LogP contribution is -2.46. The van der Waals surface area contributed by atoms with Gasteiger partial charge in [-0.1, -0.05) is 18.6 Å². The number of carbonyl (C=O) groups excluding carboxylic acids is 2. The first-order valence-corrected chi connectivity index (χ1v) is 10.1. The van der Waals surface area contributed by atoms with Crippen LogP contribution < -0.4 is 15.5 Å². The van der Waals surface area contributed by atoms with E-state index in [0.29, 0.717) is 6.54 Å². The van der Waals surface area contributed by atoms with E-state index in [9.17, 15) is 9.59 Å². The number of likely N-dealkylation sites (tertiary alicyclic amines) is 1. The molecular formula is C21H32N4O2. The highest BCUT2D eigenvalue weighted by Gasteiger charge is 2.26. The number of piperidine rings is 1. The molecule has 0 saturated carbocycles. The van der Waals surface area contributed by atoms with Crippen LogP contribution in [0.2, 0.25) is 0 Å². The molecule has 1 fully saturated rings. The second kappa shape index (κ2) is 8.74. The Morgan fingerprint density at radius 3 is 2.52 bits per heavy atom. The maximum atomic E-state index is 12.2. The summed E-state index contributed by atoms with van der Waals surface area (Å²) in [4.78, 5) is 28.8. The molecule has 0 unspecified atom stereocenters. The molecule has 2 amide bonds. The smallest absolute Gasteiger partial charge is 0.309 e. The summed E-state index contributed by atoms with van der Waals surface area (Å²) < 4.78 is 0. The summed E-state index contributed by atoms with van der Waals surface area (Å²) in [6, 6.07) is 6.73. The van der Waals surface area contributed by atoms with Gasteiger partial charge in [0, 0.05) is 31.9 Å². The molecule has 0 spiro atoms. The van der Waals surface area contributed by atoms with Crippen LogP contribution in [0.15, 0.2) is 18.2 Å². The van der Waals surface area contributed by atoms with Crippen LogP contribution in [-0.4, -0.2) is 56.0 Å². The molecule has 1 aromatic carbocycles. The topological polar surface area (TPSA) is 64.7 Å². The summed E-state index contributed by atoms with van der Waals surface area (Å²) in [5.41, 5.74) is 3.91. The third-order valence-electron chi connectivity index (χ3n) is 5.53. The first kappa shape index (κ1) is 19.7. The summed E-state index contributed by atoms with van der Waals surface area (Å²) in [6.07, 6.45) is 4.70. The largest absolute Gasteiger partial charge is 0.374 e. The molecule has 0 aromatic heterocycles. The van der Waals surface area contributed by atoms with Crippen molar-refractivity contribution in [2.75, 3.05) is 38.1 Å². The van der Waals surface area contributed by atoms with Gasteiger partial charge in [0.25, 0.3) is 0 Å². The fourth-order valence-electron chi connectivity index (χ4n) is 4.08. The number of amides is 2. The number of hydrogen-bond acceptors (Lipinski definition) is 4. The maximum Gasteiger partial charge on any atom is 0.309 e. The zero-order chi connectivity index (χ0) is 19.4. The standard InChI is InChI=1S/C21H32N4O2/c1-15(2)23-21(27)20(26)22-14-19(25-10-5-4-6-11-25)16-7-8-18-17(13-16)9-12-24(18)3/h7-8,13,15,19H,4-6,9-12,14H2,1-3H3,(H,22,26)(H,23,27)/t19-/m1/s1. The monoisotopic (exact) mass is 372 g/mol. The van der Waals surface area contributed by atoms with Gasteiger partial charge in [0.15, 0.2) is 0 Å². The predicted octanol–water partition coefficient (Wildman–Crippen LogP) is 1.85. The van der Waals surface area contributed by atoms with Crippen molar-refractivity contribution in [1.29, 1.82) is 0 Å². The third-order valence-corrected chi connectivity index (χ3v) is 5.53. The molecule has 0 aliphatic carbocycles. The number of fused-ring (bicyclic) bond motifs is 1. The van der Waals surface area contributed by atoms with Crippen molar-refractivity contribution in [3.05, 3.63) is 29.3 Å². The quantitative estimate of drug-likeness (QED) is 0.774. The Balaban J connectivity index is 1.73. The molecule has 1 atom stereocenters. The Morgan fingerprint density at radius 2 is 1.81 bits per heavy atom. The molecule has 1 saturated heterocycles. The molecular weight excluding hydrogens is 340 g/mol. The molecule has 6 heteroatoms. The highest BCUT2D eigenvalue weighted by Crippen LogP contribution is 2.32. The van der Waals surface area contributed by atoms with E-state index in [-0.39, 0.29) is 12.1 Å². The van der Waals surface area contributed by atoms with Crippen LogP contribution in [0.25, 0.3) is 0 Å². The minimum Gasteiger partial charge on any atom is -0.374 e. The highest BCUT2D eigenvalue weighted by atomic mass is 16.2. The van der Waals surface area contributed by atoms with Crippen molar-refractivity contribution in [2.24, 2.45) is 0 Å². The number of anilines is 1. The number of hydrogen-bond donors (Lipinski definition) is 2. The fourth-order valence-corrected chi connectivity index (χ4v) is 4.08. The Morgan fingerprint density at radius 1 is 1.07 bits per heavy atom. The van der Waals surface area contributed by atoms with E-state index in [2.05, 4.69) is 45.7 Å². The summed E-state index contributed by atoms with van der Waals surface area (Å²) >= 11 is 0. The van der Waals surface area contributed by atoms with Crippen LogP contribution in [0.3, 0.4) is 0 Å². The second-order valence-electron chi connectivity index (χ2n) is 8.01. The van der Waals surface area contributed by atoms with E-state index < -0.39 is 11.8 Å². The average Bonchev–Trinajstić information content (AvgIpc) is 3.02. The summed E-state index contributed by atoms with van der Waals surface area (Å²) in [6.45, 7) is 7.29. The molecule has 1 aromatic rings. The van der Waals surface area contributed by atoms with Gasteiger partial charge in [-0.05, 0) is 63.4 Å². The van der Waals surface area contributed by atoms with Crippen LogP contribution >= 0.6 is 0 Å². The Bertz CT molecular complexity index is 683. The Hall–Kier alpha value is -2.08. The van der Waals surface area contributed by atoms with Gasteiger partial charge in [0.2, 0.25) is 0 Å². The molecule has 27 heavy (non-hydrogen) atoms. The van der Waals surface area contributed by atoms with Crippen molar-refractivity contribution < 1.29 is 9.59 Å². The fraction of sp³-hybridized carbons (Fsp3) is 0.619. The molecule has 148 valence electrons. The van der Waals surface area contributed by atoms with Crippen LogP contribution in [-0.2, 0) is 16.0 Å². The van der Waals surface area contributed by atoms with Crippen LogP contribution in [0.1, 0.15) is 50.3 Å². The molecule has 0 bridgehead atoms. The van der Waals surface area contributed by atoms with E-state index in [1.807, 2.05) is 13.8 Å². The normalized spacial score (nSPS) is 18.3. The molecule has 2 heterocycles. The number of nitrogens with one attached hydrogen (secondary N) is 2. The summed E-state index contributed by atoms with van der Waals surface area (Å²) in [5, 5.41) is 5.51. The number of rotatable bonds is 5. The van der Waals surface area contributed by atoms with E-state index in [0.717, 1.165) is 26.1 Å². The Labute approximate surface area is 162 Å². The van der Waals surface area contributed by atoms with Crippen molar-refractivity contribution in [3.63, 3.8) is 0 Å². The first-order valence-electron chi connectivity index (χ1n) is 10.1. The van der Waals surface area contributed by atoms with Gasteiger partial charge in [0.05, 0.1) is 6.04 Å². The van der Waals surface area contributed by atoms with E-state index in [1.165, 1.54) is 36.1 Å². The molecule has 3 rings (SSSR count). The number of carbonyl (C=O) groups is 2. The van der Waals surface area contributed by atoms with Crippen molar-refractivity contribution in [2.45, 2.75) is 51.6 Å². The van der Waals surface area contributed by atoms with E-state index in [1.54, 1.807) is 0 Å².